The molecule has 2 heterocycles. The predicted octanol–water partition coefficient (Wildman–Crippen LogP) is 3.31. The second-order valence-corrected chi connectivity index (χ2v) is 6.83. The van der Waals surface area contributed by atoms with Crippen LogP contribution in [0.5, 0.6) is 0 Å². The van der Waals surface area contributed by atoms with E-state index in [9.17, 15) is 4.79 Å². The van der Waals surface area contributed by atoms with E-state index in [0.717, 1.165) is 37.1 Å². The number of aromatic nitrogens is 3. The highest BCUT2D eigenvalue weighted by molar-refractivity contribution is 5.92. The van der Waals surface area contributed by atoms with Crippen LogP contribution >= 0.6 is 0 Å². The van der Waals surface area contributed by atoms with Crippen molar-refractivity contribution in [3.05, 3.63) is 60.1 Å². The average Bonchev–Trinajstić information content (AvgIpc) is 3.30. The van der Waals surface area contributed by atoms with Gasteiger partial charge in [0.15, 0.2) is 0 Å². The molecule has 6 heteroatoms. The lowest BCUT2D eigenvalue weighted by atomic mass is 9.80. The molecule has 2 aromatic heterocycles. The second kappa shape index (κ2) is 7.15. The molecule has 1 aliphatic rings. The smallest absolute Gasteiger partial charge is 0.290 e. The number of carbonyl (C=O) groups excluding carboxylic acids is 1. The van der Waals surface area contributed by atoms with Gasteiger partial charge in [0.25, 0.3) is 5.91 Å². The molecule has 0 spiro atoms. The lowest BCUT2D eigenvalue weighted by Crippen LogP contribution is -2.45. The lowest BCUT2D eigenvalue weighted by molar-refractivity contribution is 0.0842. The minimum Gasteiger partial charge on any atom is -0.350 e. The van der Waals surface area contributed by atoms with Gasteiger partial charge in [0.05, 0.1) is 5.69 Å². The molecule has 4 rings (SSSR count). The maximum Gasteiger partial charge on any atom is 0.290 e. The highest BCUT2D eigenvalue weighted by Gasteiger charge is 2.31. The molecule has 0 saturated heterocycles. The summed E-state index contributed by atoms with van der Waals surface area (Å²) in [6.07, 6.45) is 4.92. The fourth-order valence-electron chi connectivity index (χ4n) is 3.34. The van der Waals surface area contributed by atoms with Crippen LogP contribution in [0.3, 0.4) is 0 Å². The number of rotatable bonds is 6. The van der Waals surface area contributed by atoms with E-state index in [4.69, 9.17) is 4.52 Å². The zero-order valence-corrected chi connectivity index (χ0v) is 14.8. The first-order chi connectivity index (χ1) is 12.7. The summed E-state index contributed by atoms with van der Waals surface area (Å²) in [5.41, 5.74) is 2.73. The van der Waals surface area contributed by atoms with E-state index in [1.807, 2.05) is 41.2 Å². The first kappa shape index (κ1) is 16.6. The first-order valence-electron chi connectivity index (χ1n) is 9.06. The summed E-state index contributed by atoms with van der Waals surface area (Å²) in [6, 6.07) is 13.6. The average molecular weight is 350 g/mol. The topological polar surface area (TPSA) is 73.0 Å². The third kappa shape index (κ3) is 3.54. The molecule has 0 unspecified atom stereocenters. The molecule has 1 amide bonds. The quantitative estimate of drug-likeness (QED) is 0.740. The number of aryl methyl sites for hydroxylation is 1. The van der Waals surface area contributed by atoms with Crippen LogP contribution in [-0.2, 0) is 13.0 Å². The molecular formula is C20H22N4O2. The van der Waals surface area contributed by atoms with Crippen molar-refractivity contribution in [3.8, 4) is 11.3 Å². The lowest BCUT2D eigenvalue weighted by Gasteiger charge is -2.35. The van der Waals surface area contributed by atoms with E-state index in [-0.39, 0.29) is 17.7 Å². The van der Waals surface area contributed by atoms with Gasteiger partial charge < -0.3 is 9.84 Å². The molecule has 0 radical (unpaired) electrons. The van der Waals surface area contributed by atoms with Gasteiger partial charge in [0.1, 0.15) is 5.69 Å². The standard InChI is InChI=1S/C20H22N4O2/c1-2-16-8-9-24(22-16)13-14-10-17(11-14)21-20(25)19-12-18(23-26-19)15-6-4-3-5-7-15/h3-9,12,14,17H,2,10-11,13H2,1H3,(H,21,25). The predicted molar refractivity (Wildman–Crippen MR) is 97.5 cm³/mol. The van der Waals surface area contributed by atoms with Crippen LogP contribution in [0.4, 0.5) is 0 Å². The molecule has 0 bridgehead atoms. The number of benzene rings is 1. The number of amides is 1. The molecule has 1 N–H and O–H groups in total. The monoisotopic (exact) mass is 350 g/mol. The summed E-state index contributed by atoms with van der Waals surface area (Å²) in [5, 5.41) is 11.5. The first-order valence-corrected chi connectivity index (χ1v) is 9.06. The fraction of sp³-hybridized carbons (Fsp3) is 0.350. The number of carbonyl (C=O) groups is 1. The van der Waals surface area contributed by atoms with Crippen molar-refractivity contribution in [3.63, 3.8) is 0 Å². The third-order valence-electron chi connectivity index (χ3n) is 4.88. The van der Waals surface area contributed by atoms with Crippen molar-refractivity contribution in [2.24, 2.45) is 5.92 Å². The Kier molecular flexibility index (Phi) is 4.56. The Morgan fingerprint density at radius 2 is 2.08 bits per heavy atom. The summed E-state index contributed by atoms with van der Waals surface area (Å²) in [7, 11) is 0. The Hall–Kier alpha value is -2.89. The minimum atomic E-state index is -0.199. The van der Waals surface area contributed by atoms with Gasteiger partial charge in [-0.2, -0.15) is 5.10 Å². The van der Waals surface area contributed by atoms with Gasteiger partial charge in [0, 0.05) is 30.4 Å². The van der Waals surface area contributed by atoms with Crippen molar-refractivity contribution < 1.29 is 9.32 Å². The molecule has 0 atom stereocenters. The van der Waals surface area contributed by atoms with Crippen molar-refractivity contribution in [2.45, 2.75) is 38.8 Å². The van der Waals surface area contributed by atoms with Crippen LogP contribution in [0.15, 0.2) is 53.2 Å². The number of hydrogen-bond acceptors (Lipinski definition) is 4. The molecule has 6 nitrogen and oxygen atoms in total. The summed E-state index contributed by atoms with van der Waals surface area (Å²) in [6.45, 7) is 3.01. The van der Waals surface area contributed by atoms with Crippen LogP contribution in [0.2, 0.25) is 0 Å². The van der Waals surface area contributed by atoms with Crippen molar-refractivity contribution in [1.29, 1.82) is 0 Å². The van der Waals surface area contributed by atoms with Crippen LogP contribution in [-0.4, -0.2) is 26.9 Å². The highest BCUT2D eigenvalue weighted by Crippen LogP contribution is 2.29. The Morgan fingerprint density at radius 3 is 2.81 bits per heavy atom. The zero-order valence-electron chi connectivity index (χ0n) is 14.8. The summed E-state index contributed by atoms with van der Waals surface area (Å²) < 4.78 is 7.22. The SMILES string of the molecule is CCc1ccn(CC2CC(NC(=O)c3cc(-c4ccccc4)no3)C2)n1. The number of nitrogens with zero attached hydrogens (tertiary/aromatic N) is 3. The van der Waals surface area contributed by atoms with Crippen molar-refractivity contribution in [2.75, 3.05) is 0 Å². The van der Waals surface area contributed by atoms with Gasteiger partial charge in [-0.3, -0.25) is 9.48 Å². The normalized spacial score (nSPS) is 19.1. The van der Waals surface area contributed by atoms with Crippen molar-refractivity contribution in [1.82, 2.24) is 20.3 Å². The van der Waals surface area contributed by atoms with Crippen LogP contribution in [0, 0.1) is 5.92 Å². The molecular weight excluding hydrogens is 328 g/mol. The third-order valence-corrected chi connectivity index (χ3v) is 4.88. The molecule has 134 valence electrons. The van der Waals surface area contributed by atoms with Crippen LogP contribution in [0.25, 0.3) is 11.3 Å². The molecule has 3 aromatic rings. The minimum absolute atomic E-state index is 0.194. The van der Waals surface area contributed by atoms with Gasteiger partial charge in [-0.05, 0) is 31.2 Å². The summed E-state index contributed by atoms with van der Waals surface area (Å²) >= 11 is 0. The second-order valence-electron chi connectivity index (χ2n) is 6.83. The summed E-state index contributed by atoms with van der Waals surface area (Å²) in [4.78, 5) is 12.3. The van der Waals surface area contributed by atoms with E-state index in [2.05, 4.69) is 28.6 Å². The van der Waals surface area contributed by atoms with Gasteiger partial charge in [-0.15, -0.1) is 0 Å². The number of nitrogens with one attached hydrogen (secondary N) is 1. The van der Waals surface area contributed by atoms with E-state index in [1.165, 1.54) is 0 Å². The Balaban J connectivity index is 1.28. The van der Waals surface area contributed by atoms with E-state index in [0.29, 0.717) is 11.6 Å². The Labute approximate surface area is 152 Å². The van der Waals surface area contributed by atoms with E-state index in [1.54, 1.807) is 6.07 Å². The molecule has 1 aliphatic carbocycles. The van der Waals surface area contributed by atoms with Gasteiger partial charge in [0.2, 0.25) is 5.76 Å². The fourth-order valence-corrected chi connectivity index (χ4v) is 3.34. The van der Waals surface area contributed by atoms with E-state index < -0.39 is 0 Å². The highest BCUT2D eigenvalue weighted by atomic mass is 16.5. The van der Waals surface area contributed by atoms with Gasteiger partial charge >= 0.3 is 0 Å². The van der Waals surface area contributed by atoms with Crippen LogP contribution < -0.4 is 5.32 Å². The van der Waals surface area contributed by atoms with E-state index >= 15 is 0 Å². The molecule has 1 aromatic carbocycles. The van der Waals surface area contributed by atoms with Crippen molar-refractivity contribution >= 4 is 5.91 Å². The molecule has 1 saturated carbocycles. The Morgan fingerprint density at radius 1 is 1.27 bits per heavy atom. The molecule has 1 fully saturated rings. The zero-order chi connectivity index (χ0) is 17.9. The summed E-state index contributed by atoms with van der Waals surface area (Å²) in [5.74, 6) is 0.613. The number of hydrogen-bond donors (Lipinski definition) is 1. The Bertz CT molecular complexity index is 878. The molecule has 26 heavy (non-hydrogen) atoms. The van der Waals surface area contributed by atoms with Gasteiger partial charge in [-0.1, -0.05) is 42.4 Å². The molecule has 0 aliphatic heterocycles. The van der Waals surface area contributed by atoms with Gasteiger partial charge in [-0.25, -0.2) is 0 Å². The maximum atomic E-state index is 12.3. The maximum absolute atomic E-state index is 12.3. The largest absolute Gasteiger partial charge is 0.350 e. The van der Waals surface area contributed by atoms with Crippen LogP contribution in [0.1, 0.15) is 36.0 Å².